The predicted octanol–water partition coefficient (Wildman–Crippen LogP) is 3.71. The quantitative estimate of drug-likeness (QED) is 0.294. The Bertz CT molecular complexity index is 1300. The highest BCUT2D eigenvalue weighted by molar-refractivity contribution is 7.97. The lowest BCUT2D eigenvalue weighted by atomic mass is 10.1. The topological polar surface area (TPSA) is 66.2 Å². The van der Waals surface area contributed by atoms with Crippen molar-refractivity contribution in [3.63, 3.8) is 0 Å². The molecule has 3 heterocycles. The molecule has 1 saturated heterocycles. The van der Waals surface area contributed by atoms with Crippen LogP contribution in [0.3, 0.4) is 0 Å². The first-order valence-corrected chi connectivity index (χ1v) is 12.3. The van der Waals surface area contributed by atoms with Crippen molar-refractivity contribution in [3.05, 3.63) is 80.7 Å². The number of aliphatic hydroxyl groups excluding tert-OH is 1. The highest BCUT2D eigenvalue weighted by atomic mass is 35.5. The SMILES string of the molecule is O=c1c(SNCCc2ccc(Cl)cc2)cn2c(CO)cc3cc(CN4CCOCC4)cc1c32. The number of benzene rings is 2. The number of hydrogen-bond acceptors (Lipinski definition) is 6. The Labute approximate surface area is 201 Å². The highest BCUT2D eigenvalue weighted by Gasteiger charge is 2.17. The fourth-order valence-corrected chi connectivity index (χ4v) is 5.24. The Morgan fingerprint density at radius 3 is 2.64 bits per heavy atom. The fourth-order valence-electron chi connectivity index (χ4n) is 4.40. The molecular formula is C25H26ClN3O3S. The van der Waals surface area contributed by atoms with Crippen LogP contribution in [0.1, 0.15) is 16.8 Å². The van der Waals surface area contributed by atoms with Gasteiger partial charge in [-0.2, -0.15) is 0 Å². The molecule has 1 aliphatic rings. The zero-order valence-corrected chi connectivity index (χ0v) is 19.8. The van der Waals surface area contributed by atoms with Crippen LogP contribution in [0.4, 0.5) is 0 Å². The maximum Gasteiger partial charge on any atom is 0.204 e. The van der Waals surface area contributed by atoms with Gasteiger partial charge in [-0.25, -0.2) is 0 Å². The molecule has 0 atom stereocenters. The highest BCUT2D eigenvalue weighted by Crippen LogP contribution is 2.28. The van der Waals surface area contributed by atoms with Crippen molar-refractivity contribution >= 4 is 39.8 Å². The van der Waals surface area contributed by atoms with E-state index >= 15 is 0 Å². The number of aromatic nitrogens is 1. The van der Waals surface area contributed by atoms with Gasteiger partial charge >= 0.3 is 0 Å². The number of rotatable bonds is 8. The van der Waals surface area contributed by atoms with Crippen molar-refractivity contribution in [3.8, 4) is 0 Å². The Kier molecular flexibility index (Phi) is 6.87. The molecular weight excluding hydrogens is 458 g/mol. The number of ether oxygens (including phenoxy) is 1. The van der Waals surface area contributed by atoms with Gasteiger partial charge in [-0.15, -0.1) is 0 Å². The van der Waals surface area contributed by atoms with E-state index in [1.54, 1.807) is 0 Å². The predicted molar refractivity (Wildman–Crippen MR) is 133 cm³/mol. The van der Waals surface area contributed by atoms with E-state index in [1.165, 1.54) is 17.5 Å². The molecule has 1 aliphatic heterocycles. The summed E-state index contributed by atoms with van der Waals surface area (Å²) in [6.45, 7) is 4.68. The van der Waals surface area contributed by atoms with E-state index in [4.69, 9.17) is 16.3 Å². The normalized spacial score (nSPS) is 15.1. The number of pyridine rings is 1. The smallest absolute Gasteiger partial charge is 0.204 e. The summed E-state index contributed by atoms with van der Waals surface area (Å²) in [5, 5.41) is 12.3. The molecule has 0 bridgehead atoms. The van der Waals surface area contributed by atoms with E-state index in [9.17, 15) is 9.90 Å². The lowest BCUT2D eigenvalue weighted by Gasteiger charge is -2.26. The van der Waals surface area contributed by atoms with E-state index in [-0.39, 0.29) is 12.0 Å². The molecule has 0 amide bonds. The van der Waals surface area contributed by atoms with Gasteiger partial charge in [-0.1, -0.05) is 23.7 Å². The number of nitrogens with zero attached hydrogens (tertiary/aromatic N) is 2. The monoisotopic (exact) mass is 483 g/mol. The molecule has 0 unspecified atom stereocenters. The largest absolute Gasteiger partial charge is 0.390 e. The summed E-state index contributed by atoms with van der Waals surface area (Å²) >= 11 is 7.30. The molecule has 5 rings (SSSR count). The molecule has 8 heteroatoms. The minimum absolute atomic E-state index is 0.0166. The third-order valence-corrected chi connectivity index (χ3v) is 7.18. The fraction of sp³-hybridized carbons (Fsp3) is 0.320. The van der Waals surface area contributed by atoms with Gasteiger partial charge in [0.05, 0.1) is 30.2 Å². The van der Waals surface area contributed by atoms with Gasteiger partial charge in [0.2, 0.25) is 5.43 Å². The van der Waals surface area contributed by atoms with Crippen molar-refractivity contribution in [1.82, 2.24) is 14.0 Å². The summed E-state index contributed by atoms with van der Waals surface area (Å²) in [7, 11) is 0. The molecule has 0 saturated carbocycles. The Morgan fingerprint density at radius 1 is 1.09 bits per heavy atom. The summed E-state index contributed by atoms with van der Waals surface area (Å²) in [6.07, 6.45) is 2.67. The number of aliphatic hydroxyl groups is 1. The zero-order valence-electron chi connectivity index (χ0n) is 18.2. The number of hydrogen-bond donors (Lipinski definition) is 2. The second-order valence-electron chi connectivity index (χ2n) is 8.33. The van der Waals surface area contributed by atoms with Gasteiger partial charge < -0.3 is 14.2 Å². The van der Waals surface area contributed by atoms with Crippen LogP contribution in [0.25, 0.3) is 16.3 Å². The van der Waals surface area contributed by atoms with Gasteiger partial charge in [-0.3, -0.25) is 14.4 Å². The maximum absolute atomic E-state index is 13.4. The molecule has 172 valence electrons. The third kappa shape index (κ3) is 4.89. The van der Waals surface area contributed by atoms with Crippen LogP contribution in [-0.4, -0.2) is 47.3 Å². The van der Waals surface area contributed by atoms with E-state index in [0.29, 0.717) is 10.3 Å². The molecule has 0 radical (unpaired) electrons. The number of morpholine rings is 1. The standard InChI is InChI=1S/C25H26ClN3O3S/c26-20-3-1-17(2-4-20)5-6-27-33-23-15-29-21(16-30)13-19-11-18(12-22(24(19)29)25(23)31)14-28-7-9-32-10-8-28/h1-4,11-13,15,27,30H,5-10,14,16H2. The molecule has 0 aliphatic carbocycles. The van der Waals surface area contributed by atoms with Gasteiger partial charge in [0.25, 0.3) is 0 Å². The van der Waals surface area contributed by atoms with Gasteiger partial charge in [0, 0.05) is 53.9 Å². The second kappa shape index (κ2) is 10.0. The molecule has 6 nitrogen and oxygen atoms in total. The van der Waals surface area contributed by atoms with Gasteiger partial charge in [0.1, 0.15) is 0 Å². The van der Waals surface area contributed by atoms with Crippen molar-refractivity contribution < 1.29 is 9.84 Å². The molecule has 2 aromatic carbocycles. The van der Waals surface area contributed by atoms with E-state index in [0.717, 1.165) is 73.0 Å². The van der Waals surface area contributed by atoms with Crippen LogP contribution in [-0.2, 0) is 24.3 Å². The Morgan fingerprint density at radius 2 is 1.88 bits per heavy atom. The van der Waals surface area contributed by atoms with Crippen molar-refractivity contribution in [2.45, 2.75) is 24.5 Å². The van der Waals surface area contributed by atoms with Crippen LogP contribution >= 0.6 is 23.5 Å². The van der Waals surface area contributed by atoms with Crippen molar-refractivity contribution in [2.75, 3.05) is 32.8 Å². The summed E-state index contributed by atoms with van der Waals surface area (Å²) in [4.78, 5) is 16.4. The minimum atomic E-state index is -0.0838. The van der Waals surface area contributed by atoms with Crippen LogP contribution in [0.5, 0.6) is 0 Å². The van der Waals surface area contributed by atoms with Crippen LogP contribution in [0.15, 0.2) is 58.4 Å². The first-order chi connectivity index (χ1) is 16.1. The molecule has 33 heavy (non-hydrogen) atoms. The second-order valence-corrected chi connectivity index (χ2v) is 9.70. The molecule has 0 spiro atoms. The van der Waals surface area contributed by atoms with E-state index in [1.807, 2.05) is 47.0 Å². The summed E-state index contributed by atoms with van der Waals surface area (Å²) in [5.74, 6) is 0. The maximum atomic E-state index is 13.4. The van der Waals surface area contributed by atoms with E-state index < -0.39 is 0 Å². The zero-order chi connectivity index (χ0) is 22.8. The summed E-state index contributed by atoms with van der Waals surface area (Å²) < 4.78 is 10.7. The van der Waals surface area contributed by atoms with E-state index in [2.05, 4.69) is 15.7 Å². The lowest BCUT2D eigenvalue weighted by Crippen LogP contribution is -2.35. The van der Waals surface area contributed by atoms with Crippen LogP contribution in [0.2, 0.25) is 5.02 Å². The molecule has 4 aromatic rings. The Balaban J connectivity index is 1.40. The van der Waals surface area contributed by atoms with Gasteiger partial charge in [-0.05, 0) is 59.8 Å². The average Bonchev–Trinajstić information content (AvgIpc) is 3.19. The molecule has 2 aromatic heterocycles. The first kappa shape index (κ1) is 22.7. The van der Waals surface area contributed by atoms with Crippen molar-refractivity contribution in [1.29, 1.82) is 0 Å². The first-order valence-electron chi connectivity index (χ1n) is 11.1. The van der Waals surface area contributed by atoms with Crippen molar-refractivity contribution in [2.24, 2.45) is 0 Å². The number of nitrogens with one attached hydrogen (secondary N) is 1. The number of halogens is 1. The average molecular weight is 484 g/mol. The third-order valence-electron chi connectivity index (χ3n) is 6.07. The summed E-state index contributed by atoms with van der Waals surface area (Å²) in [5.41, 5.74) is 3.96. The lowest BCUT2D eigenvalue weighted by molar-refractivity contribution is 0.0342. The van der Waals surface area contributed by atoms with Crippen LogP contribution < -0.4 is 10.2 Å². The minimum Gasteiger partial charge on any atom is -0.390 e. The molecule has 2 N–H and O–H groups in total. The summed E-state index contributed by atoms with van der Waals surface area (Å²) in [6, 6.07) is 13.9. The van der Waals surface area contributed by atoms with Crippen LogP contribution in [0, 0.1) is 0 Å². The van der Waals surface area contributed by atoms with Gasteiger partial charge in [0.15, 0.2) is 0 Å². The molecule has 1 fully saturated rings. The Hall–Kier alpha value is -2.13.